The Kier molecular flexibility index (Phi) is 8.32. The van der Waals surface area contributed by atoms with Crippen LogP contribution in [0.1, 0.15) is 57.8 Å². The van der Waals surface area contributed by atoms with Crippen molar-refractivity contribution in [3.05, 3.63) is 22.3 Å². The van der Waals surface area contributed by atoms with Crippen LogP contribution in [0.5, 0.6) is 0 Å². The zero-order valence-electron chi connectivity index (χ0n) is 22.2. The third-order valence-corrected chi connectivity index (χ3v) is 8.73. The highest BCUT2D eigenvalue weighted by Gasteiger charge is 2.50. The van der Waals surface area contributed by atoms with Crippen LogP contribution in [-0.4, -0.2) is 95.1 Å². The van der Waals surface area contributed by atoms with Crippen molar-refractivity contribution < 1.29 is 58.6 Å². The van der Waals surface area contributed by atoms with Crippen LogP contribution >= 0.6 is 0 Å². The highest BCUT2D eigenvalue weighted by molar-refractivity contribution is 6.00. The second-order valence-corrected chi connectivity index (χ2v) is 11.7. The third-order valence-electron chi connectivity index (χ3n) is 8.73. The van der Waals surface area contributed by atoms with Crippen molar-refractivity contribution >= 4 is 23.9 Å². The van der Waals surface area contributed by atoms with Gasteiger partial charge in [0.05, 0.1) is 68.3 Å². The minimum absolute atomic E-state index is 0.0602. The van der Waals surface area contributed by atoms with E-state index in [1.807, 2.05) is 0 Å². The average Bonchev–Trinajstić information content (AvgIpc) is 3.71. The molecule has 0 amide bonds. The summed E-state index contributed by atoms with van der Waals surface area (Å²) in [5, 5.41) is 37.4. The van der Waals surface area contributed by atoms with E-state index in [4.69, 9.17) is 18.9 Å². The van der Waals surface area contributed by atoms with Gasteiger partial charge in [0, 0.05) is 11.0 Å². The van der Waals surface area contributed by atoms with Crippen LogP contribution in [0.2, 0.25) is 0 Å². The van der Waals surface area contributed by atoms with Gasteiger partial charge in [-0.1, -0.05) is 11.1 Å². The van der Waals surface area contributed by atoms with Crippen molar-refractivity contribution in [2.45, 2.75) is 82.2 Å². The van der Waals surface area contributed by atoms with Gasteiger partial charge in [0.25, 0.3) is 0 Å². The molecule has 2 aliphatic carbocycles. The fourth-order valence-electron chi connectivity index (χ4n) is 6.48. The maximum atomic E-state index is 11.7. The Balaban J connectivity index is 0.000000161. The zero-order chi connectivity index (χ0) is 28.6. The van der Waals surface area contributed by atoms with Crippen molar-refractivity contribution in [3.63, 3.8) is 0 Å². The number of hydrogen-bond acceptors (Lipinski definition) is 8. The fraction of sp³-hybridized carbons (Fsp3) is 0.714. The highest BCUT2D eigenvalue weighted by Crippen LogP contribution is 2.51. The van der Waals surface area contributed by atoms with E-state index in [9.17, 15) is 39.6 Å². The maximum absolute atomic E-state index is 11.7. The molecule has 4 saturated heterocycles. The van der Waals surface area contributed by atoms with Gasteiger partial charge in [-0.05, 0) is 57.8 Å². The van der Waals surface area contributed by atoms with Gasteiger partial charge in [-0.2, -0.15) is 0 Å². The summed E-state index contributed by atoms with van der Waals surface area (Å²) in [6.45, 7) is 2.72. The lowest BCUT2D eigenvalue weighted by atomic mass is 9.64. The van der Waals surface area contributed by atoms with Crippen LogP contribution in [-0.2, 0) is 38.1 Å². The van der Waals surface area contributed by atoms with E-state index < -0.39 is 41.1 Å². The normalized spacial score (nSPS) is 35.8. The lowest BCUT2D eigenvalue weighted by molar-refractivity contribution is -0.154. The number of carboxylic acid groups (broad SMARTS) is 4. The Morgan fingerprint density at radius 1 is 0.675 bits per heavy atom. The molecule has 6 atom stereocenters. The second-order valence-electron chi connectivity index (χ2n) is 11.7. The summed E-state index contributed by atoms with van der Waals surface area (Å²) in [7, 11) is 0. The smallest absolute Gasteiger partial charge is 0.332 e. The summed E-state index contributed by atoms with van der Waals surface area (Å²) in [5.41, 5.74) is 1.69. The standard InChI is InChI=1S/2C14H18O6/c15-13(16)11-3-7(1-9-5-19-9)8(2-10-6-20-10)4-12(11)14(17)18;15-12(16)10-2-1-3-14(4-8-6-19-8,5-9-7-20-9)11(10)13(17)18/h9-12H,1-6H2,(H,15,16)(H,17,18);8-9H,1-7H2,(H,15,16)(H,17,18). The first-order valence-electron chi connectivity index (χ1n) is 13.9. The molecule has 0 saturated carbocycles. The van der Waals surface area contributed by atoms with Crippen molar-refractivity contribution in [1.29, 1.82) is 0 Å². The first kappa shape index (κ1) is 28.7. The van der Waals surface area contributed by atoms with Crippen LogP contribution in [0.4, 0.5) is 0 Å². The van der Waals surface area contributed by atoms with Crippen molar-refractivity contribution in [3.8, 4) is 0 Å². The number of carbonyl (C=O) groups is 4. The van der Waals surface area contributed by atoms with Gasteiger partial charge in [-0.25, -0.2) is 9.59 Å². The molecule has 220 valence electrons. The first-order valence-corrected chi connectivity index (χ1v) is 13.9. The van der Waals surface area contributed by atoms with Crippen LogP contribution in [0, 0.1) is 17.3 Å². The molecule has 4 fully saturated rings. The molecule has 0 radical (unpaired) electrons. The monoisotopic (exact) mass is 564 g/mol. The van der Waals surface area contributed by atoms with Crippen LogP contribution in [0.25, 0.3) is 0 Å². The van der Waals surface area contributed by atoms with E-state index in [1.54, 1.807) is 0 Å². The molecule has 0 aromatic carbocycles. The van der Waals surface area contributed by atoms with Gasteiger partial charge in [-0.3, -0.25) is 9.59 Å². The Labute approximate surface area is 230 Å². The van der Waals surface area contributed by atoms with Crippen molar-refractivity contribution in [1.82, 2.24) is 0 Å². The van der Waals surface area contributed by atoms with Crippen molar-refractivity contribution in [2.24, 2.45) is 17.3 Å². The Hall–Kier alpha value is -2.80. The molecule has 6 unspecified atom stereocenters. The van der Waals surface area contributed by atoms with E-state index in [1.165, 1.54) is 0 Å². The van der Waals surface area contributed by atoms with Crippen LogP contribution in [0.3, 0.4) is 0 Å². The quantitative estimate of drug-likeness (QED) is 0.199. The molecule has 4 aliphatic heterocycles. The van der Waals surface area contributed by atoms with Crippen molar-refractivity contribution in [2.75, 3.05) is 26.4 Å². The van der Waals surface area contributed by atoms with Gasteiger partial charge in [-0.15, -0.1) is 0 Å². The number of ether oxygens (including phenoxy) is 4. The molecule has 0 spiro atoms. The number of aliphatic carboxylic acids is 4. The summed E-state index contributed by atoms with van der Waals surface area (Å²) in [6, 6.07) is 0. The van der Waals surface area contributed by atoms with E-state index in [-0.39, 0.29) is 35.6 Å². The summed E-state index contributed by atoms with van der Waals surface area (Å²) in [4.78, 5) is 45.7. The Morgan fingerprint density at radius 3 is 1.43 bits per heavy atom. The number of rotatable bonds is 12. The maximum Gasteiger partial charge on any atom is 0.332 e. The first-order chi connectivity index (χ1) is 19.1. The average molecular weight is 565 g/mol. The van der Waals surface area contributed by atoms with Crippen LogP contribution in [0.15, 0.2) is 22.3 Å². The van der Waals surface area contributed by atoms with Gasteiger partial charge in [0.2, 0.25) is 0 Å². The predicted molar refractivity (Wildman–Crippen MR) is 135 cm³/mol. The third kappa shape index (κ3) is 7.09. The number of hydrogen-bond donors (Lipinski definition) is 4. The molecule has 6 aliphatic rings. The minimum atomic E-state index is -1.11. The van der Waals surface area contributed by atoms with Gasteiger partial charge in [0.1, 0.15) is 0 Å². The van der Waals surface area contributed by atoms with E-state index in [0.29, 0.717) is 58.2 Å². The molecule has 6 rings (SSSR count). The van der Waals surface area contributed by atoms with Crippen LogP contribution < -0.4 is 0 Å². The Bertz CT molecular complexity index is 1050. The molecule has 0 aromatic heterocycles. The fourth-order valence-corrected chi connectivity index (χ4v) is 6.48. The molecule has 0 bridgehead atoms. The van der Waals surface area contributed by atoms with Gasteiger partial charge >= 0.3 is 23.9 Å². The molecular weight excluding hydrogens is 528 g/mol. The summed E-state index contributed by atoms with van der Waals surface area (Å²) >= 11 is 0. The van der Waals surface area contributed by atoms with E-state index in [0.717, 1.165) is 37.2 Å². The molecule has 12 heteroatoms. The zero-order valence-corrected chi connectivity index (χ0v) is 22.2. The largest absolute Gasteiger partial charge is 0.481 e. The topological polar surface area (TPSA) is 199 Å². The SMILES string of the molecule is O=C(O)C1=C(C(=O)O)C(CC2CO2)(CC2CO2)CCC1.O=C(O)C1CC(CC2CO2)=C(CC2CO2)CC1C(=O)O. The molecule has 12 nitrogen and oxygen atoms in total. The highest BCUT2D eigenvalue weighted by atomic mass is 16.6. The van der Waals surface area contributed by atoms with Gasteiger partial charge < -0.3 is 39.4 Å². The van der Waals surface area contributed by atoms with Gasteiger partial charge in [0.15, 0.2) is 0 Å². The summed E-state index contributed by atoms with van der Waals surface area (Å²) in [5.74, 6) is -5.92. The Morgan fingerprint density at radius 2 is 1.10 bits per heavy atom. The van der Waals surface area contributed by atoms with E-state index >= 15 is 0 Å². The molecule has 40 heavy (non-hydrogen) atoms. The number of epoxide rings is 4. The predicted octanol–water partition coefficient (Wildman–Crippen LogP) is 2.26. The summed E-state index contributed by atoms with van der Waals surface area (Å²) in [6.07, 6.45) is 5.55. The second kappa shape index (κ2) is 11.6. The molecule has 4 N–H and O–H groups in total. The van der Waals surface area contributed by atoms with E-state index in [2.05, 4.69) is 0 Å². The summed E-state index contributed by atoms with van der Waals surface area (Å²) < 4.78 is 21.0. The molecule has 4 heterocycles. The number of carboxylic acids is 4. The molecular formula is C28H36O12. The molecule has 0 aromatic rings. The lowest BCUT2D eigenvalue weighted by Gasteiger charge is -2.38. The lowest BCUT2D eigenvalue weighted by Crippen LogP contribution is -2.36. The minimum Gasteiger partial charge on any atom is -0.481 e.